The minimum Gasteiger partial charge on any atom is -0.309 e. The van der Waals surface area contributed by atoms with Crippen molar-refractivity contribution >= 4 is 26.0 Å². The molecule has 1 aromatic rings. The molecule has 5 nitrogen and oxygen atoms in total. The fourth-order valence-corrected chi connectivity index (χ4v) is 3.69. The van der Waals surface area contributed by atoms with Gasteiger partial charge in [-0.25, -0.2) is 8.42 Å². The molecule has 0 bridgehead atoms. The average molecular weight is 350 g/mol. The summed E-state index contributed by atoms with van der Waals surface area (Å²) in [6, 6.07) is 1.58. The molecule has 0 saturated heterocycles. The van der Waals surface area contributed by atoms with Crippen LogP contribution in [0.3, 0.4) is 0 Å². The van der Waals surface area contributed by atoms with Crippen LogP contribution in [0.1, 0.15) is 13.3 Å². The molecule has 0 spiro atoms. The number of sulfonamides is 1. The molecule has 0 aliphatic rings. The normalized spacial score (nSPS) is 12.3. The second-order valence-corrected chi connectivity index (χ2v) is 7.35. The Morgan fingerprint density at radius 2 is 1.95 bits per heavy atom. The Balaban J connectivity index is 2.84. The molecule has 0 radical (unpaired) electrons. The van der Waals surface area contributed by atoms with E-state index in [9.17, 15) is 8.42 Å². The van der Waals surface area contributed by atoms with E-state index in [0.29, 0.717) is 17.6 Å². The van der Waals surface area contributed by atoms with Gasteiger partial charge in [0.05, 0.1) is 0 Å². The van der Waals surface area contributed by atoms with Gasteiger partial charge in [0.25, 0.3) is 0 Å². The molecule has 0 saturated carbocycles. The van der Waals surface area contributed by atoms with Crippen LogP contribution in [0.5, 0.6) is 0 Å². The molecule has 0 aromatic carbocycles. The van der Waals surface area contributed by atoms with Crippen LogP contribution in [0.4, 0.5) is 0 Å². The summed E-state index contributed by atoms with van der Waals surface area (Å²) in [7, 11) is 0.501. The Morgan fingerprint density at radius 3 is 2.47 bits per heavy atom. The maximum Gasteiger partial charge on any atom is 0.244 e. The van der Waals surface area contributed by atoms with Gasteiger partial charge in [0.15, 0.2) is 0 Å². The van der Waals surface area contributed by atoms with Crippen LogP contribution in [-0.4, -0.2) is 56.3 Å². The van der Waals surface area contributed by atoms with Crippen LogP contribution < -0.4 is 0 Å². The second kappa shape index (κ2) is 7.33. The Hall–Kier alpha value is -0.500. The molecule has 0 N–H and O–H groups in total. The van der Waals surface area contributed by atoms with Gasteiger partial charge in [0, 0.05) is 30.0 Å². The van der Waals surface area contributed by atoms with Gasteiger partial charge in [0.2, 0.25) is 10.0 Å². The number of aromatic nitrogens is 1. The van der Waals surface area contributed by atoms with Gasteiger partial charge in [0.1, 0.15) is 4.90 Å². The minimum atomic E-state index is -3.45. The van der Waals surface area contributed by atoms with Gasteiger partial charge in [-0.15, -0.1) is 0 Å². The van der Waals surface area contributed by atoms with Crippen molar-refractivity contribution in [1.82, 2.24) is 14.2 Å². The van der Waals surface area contributed by atoms with E-state index < -0.39 is 10.0 Å². The zero-order valence-electron chi connectivity index (χ0n) is 11.5. The summed E-state index contributed by atoms with van der Waals surface area (Å²) < 4.78 is 27.0. The molecule has 0 unspecified atom stereocenters. The van der Waals surface area contributed by atoms with Gasteiger partial charge >= 0.3 is 0 Å². The van der Waals surface area contributed by atoms with E-state index in [1.54, 1.807) is 12.3 Å². The average Bonchev–Trinajstić information content (AvgIpc) is 2.34. The summed E-state index contributed by atoms with van der Waals surface area (Å²) in [6.45, 7) is 3.69. The van der Waals surface area contributed by atoms with Crippen molar-refractivity contribution in [3.63, 3.8) is 0 Å². The van der Waals surface area contributed by atoms with Crippen LogP contribution in [-0.2, 0) is 10.0 Å². The Labute approximate surface area is 123 Å². The van der Waals surface area contributed by atoms with Crippen LogP contribution in [0.25, 0.3) is 0 Å². The van der Waals surface area contributed by atoms with Crippen molar-refractivity contribution in [3.05, 3.63) is 22.9 Å². The van der Waals surface area contributed by atoms with E-state index in [2.05, 4.69) is 20.9 Å². The second-order valence-electron chi connectivity index (χ2n) is 4.49. The monoisotopic (exact) mass is 349 g/mol. The number of hydrogen-bond acceptors (Lipinski definition) is 4. The highest BCUT2D eigenvalue weighted by Gasteiger charge is 2.23. The van der Waals surface area contributed by atoms with Crippen molar-refractivity contribution in [3.8, 4) is 0 Å². The summed E-state index contributed by atoms with van der Waals surface area (Å²) in [5, 5.41) is 0. The highest BCUT2D eigenvalue weighted by molar-refractivity contribution is 9.10. The van der Waals surface area contributed by atoms with Crippen molar-refractivity contribution < 1.29 is 8.42 Å². The number of halogens is 1. The zero-order chi connectivity index (χ0) is 14.5. The van der Waals surface area contributed by atoms with Gasteiger partial charge in [-0.3, -0.25) is 4.98 Å². The third-order valence-corrected chi connectivity index (χ3v) is 5.06. The fourth-order valence-electron chi connectivity index (χ4n) is 1.69. The van der Waals surface area contributed by atoms with Gasteiger partial charge < -0.3 is 4.90 Å². The molecule has 1 heterocycles. The fraction of sp³-hybridized carbons (Fsp3) is 0.583. The van der Waals surface area contributed by atoms with Crippen LogP contribution in [0.2, 0.25) is 0 Å². The smallest absolute Gasteiger partial charge is 0.244 e. The molecule has 1 aromatic heterocycles. The summed E-state index contributed by atoms with van der Waals surface area (Å²) in [4.78, 5) is 6.19. The van der Waals surface area contributed by atoms with E-state index in [4.69, 9.17) is 0 Å². The molecule has 108 valence electrons. The Morgan fingerprint density at radius 1 is 1.26 bits per heavy atom. The molecule has 7 heteroatoms. The first-order valence-electron chi connectivity index (χ1n) is 6.13. The predicted molar refractivity (Wildman–Crippen MR) is 79.5 cm³/mol. The Bertz CT molecular complexity index is 505. The molecule has 0 aliphatic heterocycles. The zero-order valence-corrected chi connectivity index (χ0v) is 13.9. The maximum absolute atomic E-state index is 12.4. The lowest BCUT2D eigenvalue weighted by atomic mass is 10.4. The maximum atomic E-state index is 12.4. The first kappa shape index (κ1) is 16.6. The number of hydrogen-bond donors (Lipinski definition) is 0. The quantitative estimate of drug-likeness (QED) is 0.753. The van der Waals surface area contributed by atoms with E-state index in [0.717, 1.165) is 13.0 Å². The number of nitrogens with zero attached hydrogens (tertiary/aromatic N) is 3. The largest absolute Gasteiger partial charge is 0.309 e. The van der Waals surface area contributed by atoms with Gasteiger partial charge in [-0.05, 0) is 49.1 Å². The van der Waals surface area contributed by atoms with E-state index in [-0.39, 0.29) is 4.90 Å². The highest BCUT2D eigenvalue weighted by Crippen LogP contribution is 2.18. The molecule has 0 amide bonds. The highest BCUT2D eigenvalue weighted by atomic mass is 79.9. The first-order chi connectivity index (χ1) is 8.87. The molecule has 0 aliphatic carbocycles. The topological polar surface area (TPSA) is 53.5 Å². The van der Waals surface area contributed by atoms with E-state index in [1.165, 1.54) is 10.5 Å². The lowest BCUT2D eigenvalue weighted by Gasteiger charge is -2.21. The van der Waals surface area contributed by atoms with Crippen LogP contribution in [0.15, 0.2) is 27.8 Å². The van der Waals surface area contributed by atoms with E-state index in [1.807, 2.05) is 25.9 Å². The van der Waals surface area contributed by atoms with Crippen molar-refractivity contribution in [2.75, 3.05) is 33.7 Å². The van der Waals surface area contributed by atoms with Crippen molar-refractivity contribution in [2.24, 2.45) is 0 Å². The summed E-state index contributed by atoms with van der Waals surface area (Å²) in [5.74, 6) is 0. The molecular weight excluding hydrogens is 330 g/mol. The minimum absolute atomic E-state index is 0.230. The standard InChI is InChI=1S/C12H20BrN3O2S/c1-4-16(7-5-6-15(2)3)19(17,18)12-8-11(13)9-14-10-12/h8-10H,4-7H2,1-3H3. The Kier molecular flexibility index (Phi) is 6.38. The molecule has 0 fully saturated rings. The molecule has 19 heavy (non-hydrogen) atoms. The third kappa shape index (κ3) is 4.83. The van der Waals surface area contributed by atoms with Crippen LogP contribution >= 0.6 is 15.9 Å². The third-order valence-electron chi connectivity index (χ3n) is 2.68. The van der Waals surface area contributed by atoms with Gasteiger partial charge in [-0.1, -0.05) is 6.92 Å². The summed E-state index contributed by atoms with van der Waals surface area (Å²) >= 11 is 3.25. The molecule has 0 atom stereocenters. The number of pyridine rings is 1. The number of rotatable bonds is 7. The lowest BCUT2D eigenvalue weighted by Crippen LogP contribution is -2.33. The van der Waals surface area contributed by atoms with Crippen LogP contribution in [0, 0.1) is 0 Å². The van der Waals surface area contributed by atoms with Crippen molar-refractivity contribution in [2.45, 2.75) is 18.2 Å². The SMILES string of the molecule is CCN(CCCN(C)C)S(=O)(=O)c1cncc(Br)c1. The van der Waals surface area contributed by atoms with Gasteiger partial charge in [-0.2, -0.15) is 4.31 Å². The molecule has 1 rings (SSSR count). The summed E-state index contributed by atoms with van der Waals surface area (Å²) in [6.07, 6.45) is 3.76. The first-order valence-corrected chi connectivity index (χ1v) is 8.36. The summed E-state index contributed by atoms with van der Waals surface area (Å²) in [5.41, 5.74) is 0. The predicted octanol–water partition coefficient (Wildman–Crippen LogP) is 1.81. The van der Waals surface area contributed by atoms with Crippen molar-refractivity contribution in [1.29, 1.82) is 0 Å². The molecular formula is C12H20BrN3O2S. The lowest BCUT2D eigenvalue weighted by molar-refractivity contribution is 0.356. The van der Waals surface area contributed by atoms with E-state index >= 15 is 0 Å².